The fraction of sp³-hybridized carbons (Fsp3) is 0.227. The Kier molecular flexibility index (Phi) is 5.94. The van der Waals surface area contributed by atoms with Crippen molar-refractivity contribution in [2.24, 2.45) is 5.92 Å². The highest BCUT2D eigenvalue weighted by atomic mass is 79.9. The zero-order chi connectivity index (χ0) is 18.5. The maximum atomic E-state index is 12.5. The topological polar surface area (TPSA) is 38.3 Å². The van der Waals surface area contributed by atoms with Crippen molar-refractivity contribution >= 4 is 38.3 Å². The first-order valence-electron chi connectivity index (χ1n) is 8.75. The van der Waals surface area contributed by atoms with Crippen molar-refractivity contribution < 1.29 is 9.53 Å². The number of amides is 1. The first-order chi connectivity index (χ1) is 12.5. The lowest BCUT2D eigenvalue weighted by Gasteiger charge is -2.11. The Balaban J connectivity index is 1.69. The zero-order valence-electron chi connectivity index (χ0n) is 15.0. The SMILES string of the molecule is CC(C)CCOc1ccc(C(=O)Nc2ccc3ccccc3c2)cc1Br. The van der Waals surface area contributed by atoms with Gasteiger partial charge >= 0.3 is 0 Å². The van der Waals surface area contributed by atoms with Gasteiger partial charge in [-0.25, -0.2) is 0 Å². The molecule has 0 radical (unpaired) electrons. The van der Waals surface area contributed by atoms with E-state index in [-0.39, 0.29) is 5.91 Å². The molecule has 0 bridgehead atoms. The molecule has 1 amide bonds. The number of hydrogen-bond donors (Lipinski definition) is 1. The lowest BCUT2D eigenvalue weighted by Crippen LogP contribution is -2.12. The highest BCUT2D eigenvalue weighted by molar-refractivity contribution is 9.10. The van der Waals surface area contributed by atoms with Crippen LogP contribution in [0.4, 0.5) is 5.69 Å². The smallest absolute Gasteiger partial charge is 0.255 e. The molecule has 0 unspecified atom stereocenters. The van der Waals surface area contributed by atoms with Gasteiger partial charge in [-0.2, -0.15) is 0 Å². The molecule has 0 aromatic heterocycles. The van der Waals surface area contributed by atoms with Crippen molar-refractivity contribution in [2.45, 2.75) is 20.3 Å². The van der Waals surface area contributed by atoms with Crippen molar-refractivity contribution in [1.82, 2.24) is 0 Å². The molecule has 134 valence electrons. The summed E-state index contributed by atoms with van der Waals surface area (Å²) in [7, 11) is 0. The Labute approximate surface area is 162 Å². The monoisotopic (exact) mass is 411 g/mol. The summed E-state index contributed by atoms with van der Waals surface area (Å²) in [6.45, 7) is 5.00. The number of hydrogen-bond acceptors (Lipinski definition) is 2. The molecule has 0 atom stereocenters. The Morgan fingerprint density at radius 3 is 2.54 bits per heavy atom. The summed E-state index contributed by atoms with van der Waals surface area (Å²) in [4.78, 5) is 12.5. The number of carbonyl (C=O) groups is 1. The molecule has 0 aliphatic heterocycles. The lowest BCUT2D eigenvalue weighted by atomic mass is 10.1. The normalized spacial score (nSPS) is 10.9. The van der Waals surface area contributed by atoms with E-state index >= 15 is 0 Å². The minimum absolute atomic E-state index is 0.144. The van der Waals surface area contributed by atoms with Crippen LogP contribution in [0.15, 0.2) is 65.1 Å². The summed E-state index contributed by atoms with van der Waals surface area (Å²) in [6.07, 6.45) is 0.997. The van der Waals surface area contributed by atoms with E-state index in [1.165, 1.54) is 0 Å². The average molecular weight is 412 g/mol. The second-order valence-corrected chi connectivity index (χ2v) is 7.55. The first kappa shape index (κ1) is 18.5. The summed E-state index contributed by atoms with van der Waals surface area (Å²) >= 11 is 3.50. The molecule has 0 aliphatic carbocycles. The average Bonchev–Trinajstić information content (AvgIpc) is 2.62. The van der Waals surface area contributed by atoms with Crippen molar-refractivity contribution in [2.75, 3.05) is 11.9 Å². The quantitative estimate of drug-likeness (QED) is 0.518. The van der Waals surface area contributed by atoms with Gasteiger partial charge in [0.15, 0.2) is 0 Å². The maximum Gasteiger partial charge on any atom is 0.255 e. The van der Waals surface area contributed by atoms with Crippen molar-refractivity contribution in [3.8, 4) is 5.75 Å². The van der Waals surface area contributed by atoms with Gasteiger partial charge < -0.3 is 10.1 Å². The molecule has 3 nitrogen and oxygen atoms in total. The Hall–Kier alpha value is -2.33. The molecule has 3 rings (SSSR count). The Morgan fingerprint density at radius 2 is 1.81 bits per heavy atom. The second-order valence-electron chi connectivity index (χ2n) is 6.69. The number of halogens is 1. The van der Waals surface area contributed by atoms with Crippen molar-refractivity contribution in [3.05, 3.63) is 70.7 Å². The minimum Gasteiger partial charge on any atom is -0.492 e. The van der Waals surface area contributed by atoms with E-state index in [1.54, 1.807) is 12.1 Å². The highest BCUT2D eigenvalue weighted by Gasteiger charge is 2.10. The van der Waals surface area contributed by atoms with Crippen LogP contribution in [0.1, 0.15) is 30.6 Å². The van der Waals surface area contributed by atoms with Gasteiger partial charge in [-0.1, -0.05) is 44.2 Å². The molecule has 0 fully saturated rings. The van der Waals surface area contributed by atoms with Crippen LogP contribution >= 0.6 is 15.9 Å². The summed E-state index contributed by atoms with van der Waals surface area (Å²) < 4.78 is 6.55. The number of ether oxygens (including phenoxy) is 1. The lowest BCUT2D eigenvalue weighted by molar-refractivity contribution is 0.102. The number of fused-ring (bicyclic) bond motifs is 1. The predicted octanol–water partition coefficient (Wildman–Crippen LogP) is 6.28. The third kappa shape index (κ3) is 4.64. The molecule has 3 aromatic rings. The summed E-state index contributed by atoms with van der Waals surface area (Å²) in [5, 5.41) is 5.20. The first-order valence-corrected chi connectivity index (χ1v) is 9.55. The molecule has 0 saturated heterocycles. The molecule has 0 spiro atoms. The van der Waals surface area contributed by atoms with E-state index in [0.29, 0.717) is 18.1 Å². The zero-order valence-corrected chi connectivity index (χ0v) is 16.5. The predicted molar refractivity (Wildman–Crippen MR) is 111 cm³/mol. The molecular weight excluding hydrogens is 390 g/mol. The molecular formula is C22H22BrNO2. The molecule has 26 heavy (non-hydrogen) atoms. The van der Waals surface area contributed by atoms with Crippen LogP contribution in [-0.4, -0.2) is 12.5 Å². The van der Waals surface area contributed by atoms with Gasteiger partial charge in [0.2, 0.25) is 0 Å². The second kappa shape index (κ2) is 8.37. The summed E-state index contributed by atoms with van der Waals surface area (Å²) in [5.41, 5.74) is 1.36. The fourth-order valence-corrected chi connectivity index (χ4v) is 3.13. The molecule has 3 aromatic carbocycles. The van der Waals surface area contributed by atoms with Gasteiger partial charge in [0.05, 0.1) is 11.1 Å². The number of benzene rings is 3. The molecule has 0 aliphatic rings. The van der Waals surface area contributed by atoms with Crippen molar-refractivity contribution in [3.63, 3.8) is 0 Å². The molecule has 0 heterocycles. The van der Waals surface area contributed by atoms with Crippen molar-refractivity contribution in [1.29, 1.82) is 0 Å². The minimum atomic E-state index is -0.144. The number of nitrogens with one attached hydrogen (secondary N) is 1. The molecule has 4 heteroatoms. The maximum absolute atomic E-state index is 12.5. The van der Waals surface area contributed by atoms with Gasteiger partial charge in [0.1, 0.15) is 5.75 Å². The number of rotatable bonds is 6. The van der Waals surface area contributed by atoms with E-state index in [0.717, 1.165) is 33.1 Å². The van der Waals surface area contributed by atoms with Gasteiger partial charge in [-0.15, -0.1) is 0 Å². The van der Waals surface area contributed by atoms with E-state index in [1.807, 2.05) is 42.5 Å². The largest absolute Gasteiger partial charge is 0.492 e. The van der Waals surface area contributed by atoms with E-state index in [9.17, 15) is 4.79 Å². The van der Waals surface area contributed by atoms with Crippen LogP contribution in [-0.2, 0) is 0 Å². The fourth-order valence-electron chi connectivity index (χ4n) is 2.63. The Morgan fingerprint density at radius 1 is 1.04 bits per heavy atom. The van der Waals surface area contributed by atoms with Gasteiger partial charge in [0, 0.05) is 11.3 Å². The number of anilines is 1. The molecule has 0 saturated carbocycles. The standard InChI is InChI=1S/C22H22BrNO2/c1-15(2)11-12-26-21-10-8-18(14-20(21)23)22(25)24-19-9-7-16-5-3-4-6-17(16)13-19/h3-10,13-15H,11-12H2,1-2H3,(H,24,25). The highest BCUT2D eigenvalue weighted by Crippen LogP contribution is 2.27. The van der Waals surface area contributed by atoms with Gasteiger partial charge in [0.25, 0.3) is 5.91 Å². The van der Waals surface area contributed by atoms with Crippen LogP contribution in [0.25, 0.3) is 10.8 Å². The summed E-state index contributed by atoms with van der Waals surface area (Å²) in [5.74, 6) is 1.21. The third-order valence-corrected chi connectivity index (χ3v) is 4.77. The number of carbonyl (C=O) groups excluding carboxylic acids is 1. The van der Waals surface area contributed by atoms with E-state index < -0.39 is 0 Å². The Bertz CT molecular complexity index is 921. The van der Waals surface area contributed by atoms with Crippen LogP contribution in [0.3, 0.4) is 0 Å². The van der Waals surface area contributed by atoms with Crippen LogP contribution in [0.2, 0.25) is 0 Å². The van der Waals surface area contributed by atoms with Crippen LogP contribution in [0.5, 0.6) is 5.75 Å². The van der Waals surface area contributed by atoms with Crippen LogP contribution in [0, 0.1) is 5.92 Å². The van der Waals surface area contributed by atoms with Crippen LogP contribution < -0.4 is 10.1 Å². The molecule has 1 N–H and O–H groups in total. The van der Waals surface area contributed by atoms with E-state index in [4.69, 9.17) is 4.74 Å². The van der Waals surface area contributed by atoms with Gasteiger partial charge in [-0.3, -0.25) is 4.79 Å². The van der Waals surface area contributed by atoms with Gasteiger partial charge in [-0.05, 0) is 69.4 Å². The summed E-state index contributed by atoms with van der Waals surface area (Å²) in [6, 6.07) is 19.4. The van der Waals surface area contributed by atoms with E-state index in [2.05, 4.69) is 41.2 Å². The third-order valence-electron chi connectivity index (χ3n) is 4.15.